The Kier molecular flexibility index (Phi) is 6.92. The molecular weight excluding hydrogens is 420 g/mol. The lowest BCUT2D eigenvalue weighted by Gasteiger charge is -2.48. The summed E-state index contributed by atoms with van der Waals surface area (Å²) in [7, 11) is 0. The summed E-state index contributed by atoms with van der Waals surface area (Å²) in [6.07, 6.45) is -3.46. The molecule has 2 aliphatic rings. The molecule has 0 bridgehead atoms. The molecule has 6 atom stereocenters. The van der Waals surface area contributed by atoms with Crippen LogP contribution in [0.1, 0.15) is 25.7 Å². The van der Waals surface area contributed by atoms with Gasteiger partial charge in [-0.1, -0.05) is 60.3 Å². The number of rotatable bonds is 5. The van der Waals surface area contributed by atoms with E-state index in [1.165, 1.54) is 25.6 Å². The Labute approximate surface area is 185 Å². The first kappa shape index (κ1) is 21.8. The summed E-state index contributed by atoms with van der Waals surface area (Å²) in [5, 5.41) is 0. The number of fused-ring (bicyclic) bond motifs is 1. The van der Waals surface area contributed by atoms with Gasteiger partial charge in [0.2, 0.25) is 0 Å². The van der Waals surface area contributed by atoms with E-state index in [0.29, 0.717) is 0 Å². The van der Waals surface area contributed by atoms with Crippen LogP contribution >= 0.6 is 11.8 Å². The highest BCUT2D eigenvalue weighted by atomic mass is 32.2. The summed E-state index contributed by atoms with van der Waals surface area (Å²) < 4.78 is 29.6. The number of benzene rings is 2. The molecule has 0 spiro atoms. The predicted molar refractivity (Wildman–Crippen MR) is 112 cm³/mol. The molecule has 2 heterocycles. The van der Waals surface area contributed by atoms with Crippen molar-refractivity contribution >= 4 is 23.7 Å². The predicted octanol–water partition coefficient (Wildman–Crippen LogP) is 3.48. The van der Waals surface area contributed by atoms with Crippen molar-refractivity contribution in [1.82, 2.24) is 0 Å². The normalized spacial score (nSPS) is 30.1. The molecule has 8 heteroatoms. The maximum absolute atomic E-state index is 11.9. The lowest BCUT2D eigenvalue weighted by Crippen LogP contribution is -2.63. The van der Waals surface area contributed by atoms with Crippen molar-refractivity contribution < 1.29 is 33.3 Å². The van der Waals surface area contributed by atoms with Gasteiger partial charge >= 0.3 is 11.9 Å². The Balaban J connectivity index is 1.62. The van der Waals surface area contributed by atoms with Gasteiger partial charge in [0, 0.05) is 24.3 Å². The molecule has 0 aromatic heterocycles. The van der Waals surface area contributed by atoms with E-state index < -0.39 is 48.1 Å². The first-order chi connectivity index (χ1) is 15.0. The Morgan fingerprint density at radius 3 is 2.13 bits per heavy atom. The van der Waals surface area contributed by atoms with E-state index in [1.807, 2.05) is 60.7 Å². The summed E-state index contributed by atoms with van der Waals surface area (Å²) >= 11 is 1.40. The number of carbonyl (C=O) groups excluding carboxylic acids is 2. The average Bonchev–Trinajstić information content (AvgIpc) is 2.76. The van der Waals surface area contributed by atoms with E-state index in [2.05, 4.69) is 0 Å². The number of ether oxygens (including phenoxy) is 5. The van der Waals surface area contributed by atoms with Crippen molar-refractivity contribution in [2.45, 2.75) is 54.9 Å². The highest BCUT2D eigenvalue weighted by Crippen LogP contribution is 2.41. The van der Waals surface area contributed by atoms with Crippen molar-refractivity contribution in [3.05, 3.63) is 66.2 Å². The molecule has 0 N–H and O–H groups in total. The van der Waals surface area contributed by atoms with Crippen molar-refractivity contribution in [2.24, 2.45) is 0 Å². The molecule has 2 saturated heterocycles. The van der Waals surface area contributed by atoms with Gasteiger partial charge in [-0.05, 0) is 12.1 Å². The molecule has 0 radical (unpaired) electrons. The zero-order valence-corrected chi connectivity index (χ0v) is 18.0. The second-order valence-electron chi connectivity index (χ2n) is 7.30. The van der Waals surface area contributed by atoms with Crippen LogP contribution in [0.15, 0.2) is 65.6 Å². The van der Waals surface area contributed by atoms with Crippen molar-refractivity contribution in [1.29, 1.82) is 0 Å². The van der Waals surface area contributed by atoms with Crippen LogP contribution in [0.4, 0.5) is 0 Å². The second-order valence-corrected chi connectivity index (χ2v) is 8.47. The van der Waals surface area contributed by atoms with Gasteiger partial charge in [0.15, 0.2) is 18.5 Å². The largest absolute Gasteiger partial charge is 0.456 e. The van der Waals surface area contributed by atoms with E-state index in [1.54, 1.807) is 0 Å². The molecular formula is C23H24O7S. The van der Waals surface area contributed by atoms with Crippen LogP contribution in [0.2, 0.25) is 0 Å². The van der Waals surface area contributed by atoms with Crippen LogP contribution in [0.3, 0.4) is 0 Å². The molecule has 31 heavy (non-hydrogen) atoms. The topological polar surface area (TPSA) is 80.3 Å². The minimum Gasteiger partial charge on any atom is -0.456 e. The van der Waals surface area contributed by atoms with Crippen LogP contribution in [0, 0.1) is 0 Å². The fourth-order valence-electron chi connectivity index (χ4n) is 3.70. The molecule has 164 valence electrons. The molecule has 2 aliphatic heterocycles. The lowest BCUT2D eigenvalue weighted by molar-refractivity contribution is -0.320. The minimum absolute atomic E-state index is 0.251. The Morgan fingerprint density at radius 1 is 0.871 bits per heavy atom. The van der Waals surface area contributed by atoms with Crippen LogP contribution in [-0.4, -0.2) is 48.4 Å². The Hall–Kier alpha value is -2.39. The molecule has 2 fully saturated rings. The van der Waals surface area contributed by atoms with Gasteiger partial charge in [-0.3, -0.25) is 9.59 Å². The van der Waals surface area contributed by atoms with Gasteiger partial charge in [0.1, 0.15) is 17.6 Å². The summed E-state index contributed by atoms with van der Waals surface area (Å²) in [6, 6.07) is 19.1. The van der Waals surface area contributed by atoms with E-state index in [9.17, 15) is 9.59 Å². The third kappa shape index (κ3) is 5.27. The van der Waals surface area contributed by atoms with Crippen LogP contribution in [0.5, 0.6) is 0 Å². The second kappa shape index (κ2) is 9.82. The highest BCUT2D eigenvalue weighted by Gasteiger charge is 2.53. The van der Waals surface area contributed by atoms with Gasteiger partial charge in [-0.2, -0.15) is 0 Å². The smallest absolute Gasteiger partial charge is 0.303 e. The highest BCUT2D eigenvalue weighted by molar-refractivity contribution is 7.99. The summed E-state index contributed by atoms with van der Waals surface area (Å²) in [4.78, 5) is 24.8. The van der Waals surface area contributed by atoms with Crippen molar-refractivity contribution in [3.8, 4) is 0 Å². The molecule has 7 nitrogen and oxygen atoms in total. The standard InChI is InChI=1S/C23H24O7S/c1-14(24)27-20-19-18(13-26-22(30-19)16-9-5-3-6-10-16)29-23(21(20)28-15(2)25)31-17-11-7-4-8-12-17/h3-12,18-23H,13H2,1-2H3/t18-,19-,20+,21+,22-,23-/m1/s1. The molecule has 2 aromatic carbocycles. The van der Waals surface area contributed by atoms with Gasteiger partial charge < -0.3 is 23.7 Å². The average molecular weight is 445 g/mol. The lowest BCUT2D eigenvalue weighted by atomic mass is 9.98. The van der Waals surface area contributed by atoms with E-state index in [-0.39, 0.29) is 6.61 Å². The third-order valence-corrected chi connectivity index (χ3v) is 6.11. The molecule has 0 aliphatic carbocycles. The summed E-state index contributed by atoms with van der Waals surface area (Å²) in [5.41, 5.74) is 0.240. The first-order valence-corrected chi connectivity index (χ1v) is 10.9. The molecule has 4 rings (SSSR count). The zero-order chi connectivity index (χ0) is 21.8. The molecule has 2 aromatic rings. The fourth-order valence-corrected chi connectivity index (χ4v) is 4.82. The number of esters is 2. The van der Waals surface area contributed by atoms with Gasteiger partial charge in [0.25, 0.3) is 0 Å². The third-order valence-electron chi connectivity index (χ3n) is 4.96. The van der Waals surface area contributed by atoms with Gasteiger partial charge in [0.05, 0.1) is 6.61 Å². The molecule has 0 saturated carbocycles. The quantitative estimate of drug-likeness (QED) is 0.649. The van der Waals surface area contributed by atoms with Crippen molar-refractivity contribution in [3.63, 3.8) is 0 Å². The fraction of sp³-hybridized carbons (Fsp3) is 0.391. The summed E-state index contributed by atoms with van der Waals surface area (Å²) in [5.74, 6) is -0.979. The molecule has 0 unspecified atom stereocenters. The number of hydrogen-bond donors (Lipinski definition) is 0. The van der Waals surface area contributed by atoms with E-state index in [0.717, 1.165) is 10.5 Å². The minimum atomic E-state index is -0.845. The SMILES string of the molecule is CC(=O)O[C@@H]1[C@H](OC(C)=O)[C@@H](Sc2ccccc2)O[C@@H]2CO[C@@H](c3ccccc3)O[C@@H]12. The Morgan fingerprint density at radius 2 is 1.48 bits per heavy atom. The zero-order valence-electron chi connectivity index (χ0n) is 17.2. The monoisotopic (exact) mass is 444 g/mol. The maximum Gasteiger partial charge on any atom is 0.303 e. The number of thioether (sulfide) groups is 1. The summed E-state index contributed by atoms with van der Waals surface area (Å²) in [6.45, 7) is 2.89. The van der Waals surface area contributed by atoms with Crippen LogP contribution < -0.4 is 0 Å². The van der Waals surface area contributed by atoms with Crippen molar-refractivity contribution in [2.75, 3.05) is 6.61 Å². The Bertz CT molecular complexity index is 891. The van der Waals surface area contributed by atoms with E-state index in [4.69, 9.17) is 23.7 Å². The van der Waals surface area contributed by atoms with Crippen LogP contribution in [0.25, 0.3) is 0 Å². The van der Waals surface area contributed by atoms with Gasteiger partial charge in [-0.25, -0.2) is 0 Å². The maximum atomic E-state index is 11.9. The van der Waals surface area contributed by atoms with Gasteiger partial charge in [-0.15, -0.1) is 0 Å². The van der Waals surface area contributed by atoms with E-state index >= 15 is 0 Å². The number of carbonyl (C=O) groups is 2. The van der Waals surface area contributed by atoms with Crippen LogP contribution in [-0.2, 0) is 33.3 Å². The first-order valence-electron chi connectivity index (χ1n) is 10.0. The number of hydrogen-bond acceptors (Lipinski definition) is 8. The molecule has 0 amide bonds.